The Labute approximate surface area is 113 Å². The van der Waals surface area contributed by atoms with Crippen molar-refractivity contribution in [3.63, 3.8) is 0 Å². The Morgan fingerprint density at radius 1 is 1.06 bits per heavy atom. The number of ether oxygens (including phenoxy) is 2. The van der Waals surface area contributed by atoms with Crippen molar-refractivity contribution >= 4 is 11.8 Å². The van der Waals surface area contributed by atoms with E-state index in [1.54, 1.807) is 0 Å². The van der Waals surface area contributed by atoms with Crippen LogP contribution >= 0.6 is 11.8 Å². The molecule has 3 rings (SSSR count). The average Bonchev–Trinajstić information content (AvgIpc) is 2.88. The van der Waals surface area contributed by atoms with E-state index in [1.165, 1.54) is 18.4 Å². The lowest BCUT2D eigenvalue weighted by Gasteiger charge is -2.35. The van der Waals surface area contributed by atoms with Gasteiger partial charge in [0.1, 0.15) is 0 Å². The normalized spacial score (nSPS) is 23.6. The number of rotatable bonds is 3. The van der Waals surface area contributed by atoms with E-state index in [2.05, 4.69) is 42.1 Å². The van der Waals surface area contributed by atoms with Crippen molar-refractivity contribution in [1.82, 2.24) is 0 Å². The Morgan fingerprint density at radius 3 is 2.39 bits per heavy atom. The van der Waals surface area contributed by atoms with Gasteiger partial charge in [-0.1, -0.05) is 30.3 Å². The van der Waals surface area contributed by atoms with Crippen LogP contribution in [0.1, 0.15) is 31.2 Å². The highest BCUT2D eigenvalue weighted by Gasteiger charge is 2.40. The molecule has 1 aromatic rings. The van der Waals surface area contributed by atoms with Crippen molar-refractivity contribution in [2.24, 2.45) is 0 Å². The molecule has 18 heavy (non-hydrogen) atoms. The lowest BCUT2D eigenvalue weighted by molar-refractivity contribution is -0.175. The molecular weight excluding hydrogens is 244 g/mol. The smallest absolute Gasteiger partial charge is 0.168 e. The Morgan fingerprint density at radius 2 is 1.72 bits per heavy atom. The standard InChI is InChI=1S/C15H20O2S/c1-2-4-13(5-3-1)12-18-14-6-8-15(9-7-14)16-10-11-17-15/h1-5,14H,6-12H2. The highest BCUT2D eigenvalue weighted by atomic mass is 32.2. The summed E-state index contributed by atoms with van der Waals surface area (Å²) >= 11 is 2.08. The maximum absolute atomic E-state index is 5.76. The zero-order valence-electron chi connectivity index (χ0n) is 10.6. The van der Waals surface area contributed by atoms with Crippen molar-refractivity contribution in [2.45, 2.75) is 42.5 Å². The Kier molecular flexibility index (Phi) is 3.92. The van der Waals surface area contributed by atoms with Crippen molar-refractivity contribution in [3.05, 3.63) is 35.9 Å². The molecule has 0 radical (unpaired) electrons. The second kappa shape index (κ2) is 5.64. The average molecular weight is 264 g/mol. The van der Waals surface area contributed by atoms with E-state index >= 15 is 0 Å². The molecular formula is C15H20O2S. The number of hydrogen-bond donors (Lipinski definition) is 0. The van der Waals surface area contributed by atoms with Gasteiger partial charge in [-0.05, 0) is 18.4 Å². The molecule has 1 saturated carbocycles. The zero-order valence-corrected chi connectivity index (χ0v) is 11.5. The summed E-state index contributed by atoms with van der Waals surface area (Å²) < 4.78 is 11.5. The fourth-order valence-corrected chi connectivity index (χ4v) is 3.96. The van der Waals surface area contributed by atoms with Crippen LogP contribution < -0.4 is 0 Å². The third-order valence-corrected chi connectivity index (χ3v) is 5.28. The van der Waals surface area contributed by atoms with Gasteiger partial charge in [-0.15, -0.1) is 0 Å². The van der Waals surface area contributed by atoms with Crippen LogP contribution in [0.5, 0.6) is 0 Å². The summed E-state index contributed by atoms with van der Waals surface area (Å²) in [6.07, 6.45) is 4.58. The highest BCUT2D eigenvalue weighted by Crippen LogP contribution is 2.40. The maximum Gasteiger partial charge on any atom is 0.168 e. The molecule has 1 heterocycles. The fraction of sp³-hybridized carbons (Fsp3) is 0.600. The molecule has 1 aliphatic carbocycles. The van der Waals surface area contributed by atoms with Crippen LogP contribution in [0.15, 0.2) is 30.3 Å². The predicted molar refractivity (Wildman–Crippen MR) is 74.6 cm³/mol. The van der Waals surface area contributed by atoms with Gasteiger partial charge in [0.15, 0.2) is 5.79 Å². The largest absolute Gasteiger partial charge is 0.348 e. The first-order valence-electron chi connectivity index (χ1n) is 6.80. The highest BCUT2D eigenvalue weighted by molar-refractivity contribution is 7.99. The third kappa shape index (κ3) is 2.90. The van der Waals surface area contributed by atoms with E-state index in [4.69, 9.17) is 9.47 Å². The molecule has 1 aromatic carbocycles. The summed E-state index contributed by atoms with van der Waals surface area (Å²) in [5.41, 5.74) is 1.43. The first-order chi connectivity index (χ1) is 8.86. The lowest BCUT2D eigenvalue weighted by Crippen LogP contribution is -2.35. The van der Waals surface area contributed by atoms with Gasteiger partial charge in [0.25, 0.3) is 0 Å². The monoisotopic (exact) mass is 264 g/mol. The van der Waals surface area contributed by atoms with Crippen LogP contribution in [0.25, 0.3) is 0 Å². The van der Waals surface area contributed by atoms with Crippen molar-refractivity contribution in [3.8, 4) is 0 Å². The molecule has 2 fully saturated rings. The van der Waals surface area contributed by atoms with Crippen molar-refractivity contribution in [1.29, 1.82) is 0 Å². The zero-order chi connectivity index (χ0) is 12.3. The van der Waals surface area contributed by atoms with E-state index in [1.807, 2.05) is 0 Å². The van der Waals surface area contributed by atoms with Crippen LogP contribution in [0.2, 0.25) is 0 Å². The number of hydrogen-bond acceptors (Lipinski definition) is 3. The fourth-order valence-electron chi connectivity index (χ4n) is 2.77. The maximum atomic E-state index is 5.76. The van der Waals surface area contributed by atoms with E-state index < -0.39 is 0 Å². The summed E-state index contributed by atoms with van der Waals surface area (Å²) in [6, 6.07) is 10.7. The molecule has 1 aliphatic heterocycles. The Hall–Kier alpha value is -0.510. The molecule has 0 amide bonds. The van der Waals surface area contributed by atoms with Crippen molar-refractivity contribution in [2.75, 3.05) is 13.2 Å². The van der Waals surface area contributed by atoms with E-state index in [-0.39, 0.29) is 5.79 Å². The third-order valence-electron chi connectivity index (χ3n) is 3.84. The van der Waals surface area contributed by atoms with Gasteiger partial charge in [-0.25, -0.2) is 0 Å². The molecule has 2 aliphatic rings. The SMILES string of the molecule is c1ccc(CSC2CCC3(CC2)OCCO3)cc1. The molecule has 0 unspecified atom stereocenters. The van der Waals surface area contributed by atoms with Gasteiger partial charge in [-0.2, -0.15) is 11.8 Å². The second-order valence-corrected chi connectivity index (χ2v) is 6.39. The second-order valence-electron chi connectivity index (χ2n) is 5.10. The molecule has 3 heteroatoms. The minimum Gasteiger partial charge on any atom is -0.348 e. The molecule has 0 bridgehead atoms. The molecule has 1 saturated heterocycles. The Balaban J connectivity index is 1.46. The van der Waals surface area contributed by atoms with Crippen LogP contribution in [0.4, 0.5) is 0 Å². The predicted octanol–water partition coefficient (Wildman–Crippen LogP) is 3.61. The lowest BCUT2D eigenvalue weighted by atomic mass is 9.94. The molecule has 0 aromatic heterocycles. The summed E-state index contributed by atoms with van der Waals surface area (Å²) in [5.74, 6) is 0.921. The van der Waals surface area contributed by atoms with Crippen molar-refractivity contribution < 1.29 is 9.47 Å². The van der Waals surface area contributed by atoms with E-state index in [9.17, 15) is 0 Å². The first kappa shape index (κ1) is 12.5. The Bertz CT molecular complexity index is 363. The van der Waals surface area contributed by atoms with Gasteiger partial charge in [-0.3, -0.25) is 0 Å². The van der Waals surface area contributed by atoms with Crippen LogP contribution in [-0.4, -0.2) is 24.3 Å². The van der Waals surface area contributed by atoms with Crippen LogP contribution in [0, 0.1) is 0 Å². The summed E-state index contributed by atoms with van der Waals surface area (Å²) in [4.78, 5) is 0. The summed E-state index contributed by atoms with van der Waals surface area (Å²) in [6.45, 7) is 1.56. The van der Waals surface area contributed by atoms with E-state index in [0.29, 0.717) is 0 Å². The minimum absolute atomic E-state index is 0.205. The topological polar surface area (TPSA) is 18.5 Å². The number of benzene rings is 1. The van der Waals surface area contributed by atoms with E-state index in [0.717, 1.165) is 37.1 Å². The van der Waals surface area contributed by atoms with Crippen LogP contribution in [-0.2, 0) is 15.2 Å². The van der Waals surface area contributed by atoms with Gasteiger partial charge in [0.05, 0.1) is 13.2 Å². The van der Waals surface area contributed by atoms with Crippen LogP contribution in [0.3, 0.4) is 0 Å². The van der Waals surface area contributed by atoms with Gasteiger partial charge in [0, 0.05) is 23.8 Å². The summed E-state index contributed by atoms with van der Waals surface area (Å²) in [7, 11) is 0. The summed E-state index contributed by atoms with van der Waals surface area (Å²) in [5, 5.41) is 0.767. The number of thioether (sulfide) groups is 1. The first-order valence-corrected chi connectivity index (χ1v) is 7.85. The van der Waals surface area contributed by atoms with Gasteiger partial charge < -0.3 is 9.47 Å². The van der Waals surface area contributed by atoms with Gasteiger partial charge in [0.2, 0.25) is 0 Å². The molecule has 2 nitrogen and oxygen atoms in total. The molecule has 98 valence electrons. The minimum atomic E-state index is -0.205. The molecule has 0 N–H and O–H groups in total. The molecule has 1 spiro atoms. The quantitative estimate of drug-likeness (QED) is 0.831. The molecule has 0 atom stereocenters. The van der Waals surface area contributed by atoms with Gasteiger partial charge >= 0.3 is 0 Å².